The Morgan fingerprint density at radius 1 is 0.929 bits per heavy atom. The molecule has 6 nitrogen and oxygen atoms in total. The molecular weight excluding hydrogens is 348 g/mol. The number of pyridine rings is 2. The fourth-order valence-corrected chi connectivity index (χ4v) is 3.51. The minimum absolute atomic E-state index is 0.819. The van der Waals surface area contributed by atoms with Crippen LogP contribution in [-0.2, 0) is 6.54 Å². The predicted molar refractivity (Wildman–Crippen MR) is 112 cm³/mol. The van der Waals surface area contributed by atoms with Crippen LogP contribution in [0.1, 0.15) is 12.5 Å². The number of aromatic amines is 2. The van der Waals surface area contributed by atoms with Crippen LogP contribution in [0.2, 0.25) is 0 Å². The van der Waals surface area contributed by atoms with Crippen LogP contribution >= 0.6 is 0 Å². The number of H-pyrrole nitrogens is 2. The molecule has 0 radical (unpaired) electrons. The molecule has 6 heteroatoms. The minimum atomic E-state index is 0.819. The van der Waals surface area contributed by atoms with E-state index in [0.29, 0.717) is 0 Å². The molecule has 0 bridgehead atoms. The molecule has 0 fully saturated rings. The van der Waals surface area contributed by atoms with E-state index in [2.05, 4.69) is 67.7 Å². The summed E-state index contributed by atoms with van der Waals surface area (Å²) in [6, 6.07) is 12.6. The number of aromatic nitrogens is 5. The number of nitrogens with zero attached hydrogens (tertiary/aromatic N) is 3. The van der Waals surface area contributed by atoms with Crippen LogP contribution in [0.4, 0.5) is 0 Å². The Balaban J connectivity index is 1.58. The van der Waals surface area contributed by atoms with Crippen molar-refractivity contribution in [1.29, 1.82) is 0 Å². The second-order valence-corrected chi connectivity index (χ2v) is 6.84. The van der Waals surface area contributed by atoms with Crippen molar-refractivity contribution < 1.29 is 0 Å². The molecule has 0 atom stereocenters. The summed E-state index contributed by atoms with van der Waals surface area (Å²) in [6.45, 7) is 3.86. The van der Waals surface area contributed by atoms with Gasteiger partial charge in [0.25, 0.3) is 0 Å². The largest absolute Gasteiger partial charge is 0.352 e. The van der Waals surface area contributed by atoms with Crippen molar-refractivity contribution in [3.05, 3.63) is 66.7 Å². The van der Waals surface area contributed by atoms with Gasteiger partial charge in [-0.1, -0.05) is 13.0 Å². The quantitative estimate of drug-likeness (QED) is 0.432. The monoisotopic (exact) mass is 368 g/mol. The first kappa shape index (κ1) is 16.6. The fourth-order valence-electron chi connectivity index (χ4n) is 3.51. The summed E-state index contributed by atoms with van der Waals surface area (Å²) in [7, 11) is 0. The van der Waals surface area contributed by atoms with Crippen LogP contribution in [0.3, 0.4) is 0 Å². The summed E-state index contributed by atoms with van der Waals surface area (Å²) < 4.78 is 0. The molecule has 3 N–H and O–H groups in total. The molecule has 4 aromatic heterocycles. The molecule has 0 saturated carbocycles. The van der Waals surface area contributed by atoms with Gasteiger partial charge in [-0.3, -0.25) is 15.1 Å². The van der Waals surface area contributed by atoms with Crippen LogP contribution in [0, 0.1) is 0 Å². The average molecular weight is 368 g/mol. The van der Waals surface area contributed by atoms with Crippen molar-refractivity contribution in [3.63, 3.8) is 0 Å². The number of fused-ring (bicyclic) bond motifs is 2. The Hall–Kier alpha value is -3.51. The van der Waals surface area contributed by atoms with Gasteiger partial charge in [-0.25, -0.2) is 0 Å². The van der Waals surface area contributed by atoms with Gasteiger partial charge in [0.15, 0.2) is 0 Å². The van der Waals surface area contributed by atoms with Crippen molar-refractivity contribution in [3.8, 4) is 22.5 Å². The van der Waals surface area contributed by atoms with E-state index in [1.54, 1.807) is 6.20 Å². The van der Waals surface area contributed by atoms with Crippen molar-refractivity contribution in [2.75, 3.05) is 6.54 Å². The first-order chi connectivity index (χ1) is 13.8. The van der Waals surface area contributed by atoms with E-state index < -0.39 is 0 Å². The van der Waals surface area contributed by atoms with Crippen LogP contribution in [-0.4, -0.2) is 31.7 Å². The Morgan fingerprint density at radius 3 is 2.79 bits per heavy atom. The Kier molecular flexibility index (Phi) is 4.10. The molecule has 0 aliphatic carbocycles. The normalized spacial score (nSPS) is 11.5. The number of hydrogen-bond acceptors (Lipinski definition) is 4. The fraction of sp³-hybridized carbons (Fsp3) is 0.136. The predicted octanol–water partition coefficient (Wildman–Crippen LogP) is 4.28. The number of rotatable bonds is 5. The highest BCUT2D eigenvalue weighted by atomic mass is 15.1. The maximum Gasteiger partial charge on any atom is 0.116 e. The zero-order chi connectivity index (χ0) is 18.9. The van der Waals surface area contributed by atoms with Crippen molar-refractivity contribution in [2.45, 2.75) is 13.5 Å². The van der Waals surface area contributed by atoms with E-state index in [0.717, 1.165) is 57.4 Å². The van der Waals surface area contributed by atoms with Gasteiger partial charge in [0.05, 0.1) is 22.9 Å². The molecule has 0 aliphatic heterocycles. The van der Waals surface area contributed by atoms with Crippen molar-refractivity contribution in [2.24, 2.45) is 0 Å². The van der Waals surface area contributed by atoms with Crippen LogP contribution in [0.25, 0.3) is 44.3 Å². The van der Waals surface area contributed by atoms with Crippen LogP contribution in [0.5, 0.6) is 0 Å². The molecule has 0 saturated heterocycles. The Morgan fingerprint density at radius 2 is 1.89 bits per heavy atom. The molecule has 0 spiro atoms. The van der Waals surface area contributed by atoms with Gasteiger partial charge in [-0.05, 0) is 48.0 Å². The molecule has 138 valence electrons. The van der Waals surface area contributed by atoms with Gasteiger partial charge in [-0.2, -0.15) is 5.10 Å². The van der Waals surface area contributed by atoms with Gasteiger partial charge in [0.2, 0.25) is 0 Å². The summed E-state index contributed by atoms with van der Waals surface area (Å²) in [4.78, 5) is 12.0. The molecule has 1 aromatic carbocycles. The lowest BCUT2D eigenvalue weighted by atomic mass is 10.0. The summed E-state index contributed by atoms with van der Waals surface area (Å²) in [5.41, 5.74) is 7.30. The van der Waals surface area contributed by atoms with Gasteiger partial charge in [0.1, 0.15) is 5.69 Å². The van der Waals surface area contributed by atoms with E-state index in [1.165, 1.54) is 5.56 Å². The lowest BCUT2D eigenvalue weighted by Gasteiger charge is -2.06. The summed E-state index contributed by atoms with van der Waals surface area (Å²) in [6.07, 6.45) is 7.45. The maximum atomic E-state index is 4.55. The highest BCUT2D eigenvalue weighted by Crippen LogP contribution is 2.31. The van der Waals surface area contributed by atoms with E-state index >= 15 is 0 Å². The molecule has 5 aromatic rings. The van der Waals surface area contributed by atoms with Gasteiger partial charge in [0, 0.05) is 41.5 Å². The van der Waals surface area contributed by atoms with Crippen LogP contribution in [0.15, 0.2) is 61.2 Å². The number of hydrogen-bond donors (Lipinski definition) is 3. The van der Waals surface area contributed by atoms with Crippen molar-refractivity contribution in [1.82, 2.24) is 30.5 Å². The van der Waals surface area contributed by atoms with Gasteiger partial charge in [-0.15, -0.1) is 0 Å². The molecule has 28 heavy (non-hydrogen) atoms. The summed E-state index contributed by atoms with van der Waals surface area (Å²) >= 11 is 0. The van der Waals surface area contributed by atoms with Crippen LogP contribution < -0.4 is 5.32 Å². The topological polar surface area (TPSA) is 82.3 Å². The smallest absolute Gasteiger partial charge is 0.116 e. The lowest BCUT2D eigenvalue weighted by Crippen LogP contribution is -2.11. The number of nitrogens with one attached hydrogen (secondary N) is 3. The van der Waals surface area contributed by atoms with Gasteiger partial charge >= 0.3 is 0 Å². The first-order valence-electron chi connectivity index (χ1n) is 9.38. The maximum absolute atomic E-state index is 4.55. The SMILES string of the molecule is CCNCc1cncc(-c2ccc3[nH]nc(-c4cc5ccncc5[nH]4)c3c2)c1. The third-order valence-corrected chi connectivity index (χ3v) is 4.95. The zero-order valence-corrected chi connectivity index (χ0v) is 15.5. The van der Waals surface area contributed by atoms with Crippen molar-refractivity contribution >= 4 is 21.8 Å². The van der Waals surface area contributed by atoms with E-state index in [-0.39, 0.29) is 0 Å². The number of benzene rings is 1. The second kappa shape index (κ2) is 6.90. The molecule has 4 heterocycles. The van der Waals surface area contributed by atoms with E-state index in [9.17, 15) is 0 Å². The minimum Gasteiger partial charge on any atom is -0.352 e. The second-order valence-electron chi connectivity index (χ2n) is 6.84. The first-order valence-corrected chi connectivity index (χ1v) is 9.38. The Labute approximate surface area is 162 Å². The molecule has 5 rings (SSSR count). The average Bonchev–Trinajstić information content (AvgIpc) is 3.35. The van der Waals surface area contributed by atoms with Gasteiger partial charge < -0.3 is 10.3 Å². The highest BCUT2D eigenvalue weighted by molar-refractivity contribution is 5.97. The zero-order valence-electron chi connectivity index (χ0n) is 15.5. The molecule has 0 unspecified atom stereocenters. The Bertz CT molecular complexity index is 1230. The molecular formula is C22H20N6. The lowest BCUT2D eigenvalue weighted by molar-refractivity contribution is 0.724. The third-order valence-electron chi connectivity index (χ3n) is 4.95. The highest BCUT2D eigenvalue weighted by Gasteiger charge is 2.12. The standard InChI is InChI=1S/C22H20N6/c1-2-23-10-14-7-17(12-25-11-14)15-3-4-19-18(8-15)22(28-27-19)20-9-16-5-6-24-13-21(16)26-20/h3-9,11-13,23,26H,2,10H2,1H3,(H,27,28). The molecule has 0 aliphatic rings. The summed E-state index contributed by atoms with van der Waals surface area (Å²) in [5, 5.41) is 13.2. The van der Waals surface area contributed by atoms with E-state index in [4.69, 9.17) is 0 Å². The molecule has 0 amide bonds. The third kappa shape index (κ3) is 2.93. The summed E-state index contributed by atoms with van der Waals surface area (Å²) in [5.74, 6) is 0. The van der Waals surface area contributed by atoms with E-state index in [1.807, 2.05) is 24.7 Å².